The smallest absolute Gasteiger partial charge is 0.414 e. The summed E-state index contributed by atoms with van der Waals surface area (Å²) in [6.45, 7) is 4.74. The minimum absolute atomic E-state index is 0.225. The fraction of sp³-hybridized carbons (Fsp3) is 0.615. The third kappa shape index (κ3) is 11.0. The van der Waals surface area contributed by atoms with Gasteiger partial charge in [0.2, 0.25) is 0 Å². The molecule has 0 aromatic carbocycles. The molecule has 0 radical (unpaired) electrons. The molecule has 0 atom stereocenters. The van der Waals surface area contributed by atoms with E-state index < -0.39 is 11.9 Å². The number of rotatable bonds is 2. The third-order valence-electron chi connectivity index (χ3n) is 2.41. The maximum Gasteiger partial charge on any atom is 0.414 e. The minimum Gasteiger partial charge on any atom is -0.473 e. The lowest BCUT2D eigenvalue weighted by Crippen LogP contribution is -2.29. The molecule has 20 heavy (non-hydrogen) atoms. The van der Waals surface area contributed by atoms with E-state index in [1.54, 1.807) is 0 Å². The van der Waals surface area contributed by atoms with Crippen LogP contribution in [0, 0.1) is 11.8 Å². The SMILES string of the molecule is CC(=O)OCC#CCN1CCCCC1.O=C(O)C(=O)O. The van der Waals surface area contributed by atoms with Crippen molar-refractivity contribution in [2.75, 3.05) is 26.2 Å². The average molecular weight is 285 g/mol. The van der Waals surface area contributed by atoms with Crippen molar-refractivity contribution in [3.8, 4) is 11.8 Å². The van der Waals surface area contributed by atoms with Crippen molar-refractivity contribution >= 4 is 17.9 Å². The second-order valence-corrected chi connectivity index (χ2v) is 4.08. The molecule has 112 valence electrons. The monoisotopic (exact) mass is 285 g/mol. The Bertz CT molecular complexity index is 377. The molecule has 0 amide bonds. The van der Waals surface area contributed by atoms with Gasteiger partial charge in [-0.05, 0) is 25.9 Å². The van der Waals surface area contributed by atoms with Crippen LogP contribution in [0.5, 0.6) is 0 Å². The van der Waals surface area contributed by atoms with E-state index in [2.05, 4.69) is 16.7 Å². The summed E-state index contributed by atoms with van der Waals surface area (Å²) in [7, 11) is 0. The molecule has 1 aliphatic rings. The number of likely N-dealkylation sites (tertiary alicyclic amines) is 1. The van der Waals surface area contributed by atoms with E-state index in [9.17, 15) is 4.79 Å². The Morgan fingerprint density at radius 1 is 1.05 bits per heavy atom. The van der Waals surface area contributed by atoms with Gasteiger partial charge in [-0.3, -0.25) is 9.69 Å². The van der Waals surface area contributed by atoms with E-state index in [-0.39, 0.29) is 12.6 Å². The maximum atomic E-state index is 10.4. The number of ether oxygens (including phenoxy) is 1. The summed E-state index contributed by atoms with van der Waals surface area (Å²) >= 11 is 0. The van der Waals surface area contributed by atoms with E-state index in [4.69, 9.17) is 24.5 Å². The van der Waals surface area contributed by atoms with Crippen LogP contribution in [0.15, 0.2) is 0 Å². The number of hydrogen-bond acceptors (Lipinski definition) is 5. The molecule has 0 unspecified atom stereocenters. The highest BCUT2D eigenvalue weighted by Crippen LogP contribution is 2.06. The molecule has 1 rings (SSSR count). The first-order valence-electron chi connectivity index (χ1n) is 6.21. The number of carboxylic acid groups (broad SMARTS) is 2. The molecule has 0 saturated carbocycles. The normalized spacial score (nSPS) is 14.1. The quantitative estimate of drug-likeness (QED) is 0.424. The summed E-state index contributed by atoms with van der Waals surface area (Å²) < 4.78 is 4.70. The van der Waals surface area contributed by atoms with Crippen molar-refractivity contribution < 1.29 is 29.3 Å². The first-order valence-corrected chi connectivity index (χ1v) is 6.21. The second kappa shape index (κ2) is 10.8. The molecule has 1 saturated heterocycles. The lowest BCUT2D eigenvalue weighted by molar-refractivity contribution is -0.159. The summed E-state index contributed by atoms with van der Waals surface area (Å²) in [4.78, 5) is 30.9. The Balaban J connectivity index is 0.000000511. The lowest BCUT2D eigenvalue weighted by Gasteiger charge is -2.23. The van der Waals surface area contributed by atoms with Gasteiger partial charge in [-0.25, -0.2) is 9.59 Å². The van der Waals surface area contributed by atoms with Crippen LogP contribution >= 0.6 is 0 Å². The molecule has 2 N–H and O–H groups in total. The number of carbonyl (C=O) groups excluding carboxylic acids is 1. The van der Waals surface area contributed by atoms with Crippen LogP contribution in [0.4, 0.5) is 0 Å². The molecule has 1 fully saturated rings. The predicted octanol–water partition coefficient (Wildman–Crippen LogP) is 0.194. The highest BCUT2D eigenvalue weighted by atomic mass is 16.5. The highest BCUT2D eigenvalue weighted by molar-refractivity contribution is 6.27. The molecule has 7 nitrogen and oxygen atoms in total. The molecule has 0 aromatic rings. The maximum absolute atomic E-state index is 10.4. The van der Waals surface area contributed by atoms with Crippen molar-refractivity contribution in [2.45, 2.75) is 26.2 Å². The molecule has 0 aliphatic carbocycles. The minimum atomic E-state index is -1.82. The van der Waals surface area contributed by atoms with Gasteiger partial charge in [0.05, 0.1) is 6.54 Å². The molecule has 0 bridgehead atoms. The van der Waals surface area contributed by atoms with Crippen LogP contribution in [0.2, 0.25) is 0 Å². The fourth-order valence-electron chi connectivity index (χ4n) is 1.47. The Morgan fingerprint density at radius 3 is 2.05 bits per heavy atom. The van der Waals surface area contributed by atoms with Crippen molar-refractivity contribution in [2.24, 2.45) is 0 Å². The summed E-state index contributed by atoms with van der Waals surface area (Å²) in [6, 6.07) is 0. The lowest BCUT2D eigenvalue weighted by atomic mass is 10.1. The van der Waals surface area contributed by atoms with Crippen molar-refractivity contribution in [3.63, 3.8) is 0 Å². The van der Waals surface area contributed by atoms with Crippen molar-refractivity contribution in [3.05, 3.63) is 0 Å². The predicted molar refractivity (Wildman–Crippen MR) is 70.0 cm³/mol. The molecule has 1 heterocycles. The molecule has 0 aromatic heterocycles. The van der Waals surface area contributed by atoms with Gasteiger partial charge in [0.25, 0.3) is 0 Å². The number of aliphatic carboxylic acids is 2. The topological polar surface area (TPSA) is 104 Å². The van der Waals surface area contributed by atoms with Crippen molar-refractivity contribution in [1.82, 2.24) is 4.90 Å². The molecular weight excluding hydrogens is 266 g/mol. The van der Waals surface area contributed by atoms with E-state index >= 15 is 0 Å². The molecule has 7 heteroatoms. The number of nitrogens with zero attached hydrogens (tertiary/aromatic N) is 1. The first kappa shape index (κ1) is 17.9. The number of hydrogen-bond donors (Lipinski definition) is 2. The van der Waals surface area contributed by atoms with Crippen molar-refractivity contribution in [1.29, 1.82) is 0 Å². The Kier molecular flexibility index (Phi) is 9.70. The number of esters is 1. The largest absolute Gasteiger partial charge is 0.473 e. The fourth-order valence-corrected chi connectivity index (χ4v) is 1.47. The Hall–Kier alpha value is -2.07. The first-order chi connectivity index (χ1) is 9.43. The van der Waals surface area contributed by atoms with E-state index in [0.29, 0.717) is 0 Å². The van der Waals surface area contributed by atoms with Gasteiger partial charge in [0.15, 0.2) is 6.61 Å². The average Bonchev–Trinajstić information content (AvgIpc) is 2.40. The van der Waals surface area contributed by atoms with Crippen LogP contribution in [0.3, 0.4) is 0 Å². The number of carbonyl (C=O) groups is 3. The summed E-state index contributed by atoms with van der Waals surface area (Å²) in [5.41, 5.74) is 0. The summed E-state index contributed by atoms with van der Waals surface area (Å²) in [5, 5.41) is 14.8. The molecule has 0 spiro atoms. The number of piperidine rings is 1. The standard InChI is InChI=1S/C11H17NO2.C2H2O4/c1-11(13)14-10-6-5-9-12-7-3-2-4-8-12;3-1(4)2(5)6/h2-4,7-10H2,1H3;(H,3,4)(H,5,6). The van der Waals surface area contributed by atoms with E-state index in [0.717, 1.165) is 19.6 Å². The second-order valence-electron chi connectivity index (χ2n) is 4.08. The number of carboxylic acids is 2. The Morgan fingerprint density at radius 2 is 1.60 bits per heavy atom. The van der Waals surface area contributed by atoms with Gasteiger partial charge in [-0.2, -0.15) is 0 Å². The zero-order chi connectivity index (χ0) is 15.4. The van der Waals surface area contributed by atoms with Gasteiger partial charge in [-0.15, -0.1) is 0 Å². The van der Waals surface area contributed by atoms with E-state index in [1.165, 1.54) is 26.2 Å². The third-order valence-corrected chi connectivity index (χ3v) is 2.41. The van der Waals surface area contributed by atoms with Crippen LogP contribution in [-0.2, 0) is 19.1 Å². The zero-order valence-corrected chi connectivity index (χ0v) is 11.4. The van der Waals surface area contributed by atoms with Crippen LogP contribution in [0.1, 0.15) is 26.2 Å². The van der Waals surface area contributed by atoms with Gasteiger partial charge >= 0.3 is 17.9 Å². The van der Waals surface area contributed by atoms with E-state index in [1.807, 2.05) is 0 Å². The van der Waals surface area contributed by atoms with Gasteiger partial charge in [0.1, 0.15) is 0 Å². The van der Waals surface area contributed by atoms with Gasteiger partial charge in [0, 0.05) is 6.92 Å². The van der Waals surface area contributed by atoms with Crippen LogP contribution in [-0.4, -0.2) is 59.3 Å². The summed E-state index contributed by atoms with van der Waals surface area (Å²) in [6.07, 6.45) is 3.91. The van der Waals surface area contributed by atoms with Crippen LogP contribution < -0.4 is 0 Å². The molecular formula is C13H19NO6. The zero-order valence-electron chi connectivity index (χ0n) is 11.4. The Labute approximate surface area is 117 Å². The summed E-state index contributed by atoms with van der Waals surface area (Å²) in [5.74, 6) is 1.92. The highest BCUT2D eigenvalue weighted by Gasteiger charge is 2.07. The van der Waals surface area contributed by atoms with Gasteiger partial charge < -0.3 is 14.9 Å². The van der Waals surface area contributed by atoms with Gasteiger partial charge in [-0.1, -0.05) is 18.3 Å². The molecule has 1 aliphatic heterocycles. The van der Waals surface area contributed by atoms with Crippen LogP contribution in [0.25, 0.3) is 0 Å².